The Hall–Kier alpha value is -2.35. The summed E-state index contributed by atoms with van der Waals surface area (Å²) < 4.78 is 5.06. The molecule has 26 heavy (non-hydrogen) atoms. The number of ether oxygens (including phenoxy) is 1. The van der Waals surface area contributed by atoms with E-state index < -0.39 is 22.9 Å². The van der Waals surface area contributed by atoms with Gasteiger partial charge in [0.1, 0.15) is 0 Å². The first-order valence-electron chi connectivity index (χ1n) is 7.09. The van der Waals surface area contributed by atoms with E-state index >= 15 is 0 Å². The number of esters is 1. The van der Waals surface area contributed by atoms with E-state index in [2.05, 4.69) is 5.32 Å². The molecule has 136 valence electrons. The maximum Gasteiger partial charge on any atom is 0.339 e. The Labute approximate surface area is 162 Å². The monoisotopic (exact) mass is 416 g/mol. The van der Waals surface area contributed by atoms with Crippen molar-refractivity contribution in [1.82, 2.24) is 0 Å². The van der Waals surface area contributed by atoms with Crippen LogP contribution in [0.3, 0.4) is 0 Å². The fourth-order valence-electron chi connectivity index (χ4n) is 1.91. The molecule has 2 aromatic rings. The molecular formula is C16H11Cl3N2O5. The van der Waals surface area contributed by atoms with Crippen molar-refractivity contribution in [2.75, 3.05) is 5.32 Å². The van der Waals surface area contributed by atoms with E-state index in [-0.39, 0.29) is 32.0 Å². The van der Waals surface area contributed by atoms with E-state index in [1.165, 1.54) is 37.3 Å². The average Bonchev–Trinajstić information content (AvgIpc) is 2.55. The summed E-state index contributed by atoms with van der Waals surface area (Å²) in [4.78, 5) is 34.3. The molecule has 0 aliphatic rings. The summed E-state index contributed by atoms with van der Waals surface area (Å²) in [6.45, 7) is 1.36. The number of benzene rings is 2. The van der Waals surface area contributed by atoms with Crippen LogP contribution < -0.4 is 5.32 Å². The summed E-state index contributed by atoms with van der Waals surface area (Å²) in [7, 11) is 0. The molecule has 0 saturated carbocycles. The summed E-state index contributed by atoms with van der Waals surface area (Å²) >= 11 is 17.5. The zero-order chi connectivity index (χ0) is 19.4. The van der Waals surface area contributed by atoms with E-state index in [1.807, 2.05) is 0 Å². The Morgan fingerprint density at radius 3 is 2.27 bits per heavy atom. The molecule has 0 aliphatic heterocycles. The van der Waals surface area contributed by atoms with Crippen LogP contribution in [0.15, 0.2) is 36.4 Å². The van der Waals surface area contributed by atoms with Crippen LogP contribution >= 0.6 is 34.8 Å². The van der Waals surface area contributed by atoms with Gasteiger partial charge in [-0.3, -0.25) is 14.9 Å². The van der Waals surface area contributed by atoms with Gasteiger partial charge in [-0.25, -0.2) is 4.79 Å². The summed E-state index contributed by atoms with van der Waals surface area (Å²) in [5.41, 5.74) is 0.0248. The Morgan fingerprint density at radius 1 is 1.12 bits per heavy atom. The normalized spacial score (nSPS) is 11.5. The minimum Gasteiger partial charge on any atom is -0.449 e. The van der Waals surface area contributed by atoms with Gasteiger partial charge >= 0.3 is 5.97 Å². The Bertz CT molecular complexity index is 868. The smallest absolute Gasteiger partial charge is 0.339 e. The molecule has 1 amide bonds. The lowest BCUT2D eigenvalue weighted by molar-refractivity contribution is -0.384. The minimum absolute atomic E-state index is 0.0206. The number of nitro groups is 1. The fraction of sp³-hybridized carbons (Fsp3) is 0.125. The van der Waals surface area contributed by atoms with Gasteiger partial charge in [0.15, 0.2) is 6.10 Å². The van der Waals surface area contributed by atoms with E-state index in [0.717, 1.165) is 6.07 Å². The highest BCUT2D eigenvalue weighted by Gasteiger charge is 2.21. The summed E-state index contributed by atoms with van der Waals surface area (Å²) in [5, 5.41) is 13.6. The van der Waals surface area contributed by atoms with E-state index in [9.17, 15) is 19.7 Å². The molecule has 0 radical (unpaired) electrons. The van der Waals surface area contributed by atoms with Crippen molar-refractivity contribution >= 4 is 58.1 Å². The second kappa shape index (κ2) is 8.35. The van der Waals surface area contributed by atoms with Crippen molar-refractivity contribution in [3.05, 3.63) is 67.1 Å². The number of nitrogens with one attached hydrogen (secondary N) is 1. The number of carbonyl (C=O) groups is 2. The van der Waals surface area contributed by atoms with Crippen molar-refractivity contribution in [2.45, 2.75) is 13.0 Å². The summed E-state index contributed by atoms with van der Waals surface area (Å²) in [6, 6.07) is 7.73. The van der Waals surface area contributed by atoms with Crippen molar-refractivity contribution in [3.63, 3.8) is 0 Å². The highest BCUT2D eigenvalue weighted by atomic mass is 35.5. The lowest BCUT2D eigenvalue weighted by Gasteiger charge is -2.14. The van der Waals surface area contributed by atoms with Crippen LogP contribution in [-0.2, 0) is 9.53 Å². The first kappa shape index (κ1) is 20.0. The van der Waals surface area contributed by atoms with Crippen LogP contribution in [0.5, 0.6) is 0 Å². The number of hydrogen-bond acceptors (Lipinski definition) is 5. The van der Waals surface area contributed by atoms with Gasteiger partial charge in [-0.1, -0.05) is 34.8 Å². The molecule has 2 rings (SSSR count). The molecule has 1 N–H and O–H groups in total. The maximum absolute atomic E-state index is 12.2. The Morgan fingerprint density at radius 2 is 1.73 bits per heavy atom. The zero-order valence-electron chi connectivity index (χ0n) is 13.2. The number of halogens is 3. The number of nitro benzene ring substituents is 1. The topological polar surface area (TPSA) is 98.5 Å². The molecule has 0 bridgehead atoms. The molecule has 0 aromatic heterocycles. The van der Waals surface area contributed by atoms with Crippen LogP contribution in [0.25, 0.3) is 0 Å². The van der Waals surface area contributed by atoms with Gasteiger partial charge in [0.25, 0.3) is 11.6 Å². The maximum atomic E-state index is 12.2. The van der Waals surface area contributed by atoms with Crippen molar-refractivity contribution in [2.24, 2.45) is 0 Å². The largest absolute Gasteiger partial charge is 0.449 e. The van der Waals surface area contributed by atoms with E-state index in [4.69, 9.17) is 39.5 Å². The molecule has 0 heterocycles. The van der Waals surface area contributed by atoms with Crippen LogP contribution in [0.2, 0.25) is 15.1 Å². The quantitative estimate of drug-likeness (QED) is 0.430. The average molecular weight is 418 g/mol. The molecule has 1 atom stereocenters. The van der Waals surface area contributed by atoms with Gasteiger partial charge in [0.2, 0.25) is 0 Å². The number of hydrogen-bond donors (Lipinski definition) is 1. The number of amides is 1. The number of nitrogens with zero attached hydrogens (tertiary/aromatic N) is 1. The number of carbonyl (C=O) groups excluding carboxylic acids is 2. The molecule has 1 unspecified atom stereocenters. The van der Waals surface area contributed by atoms with Gasteiger partial charge in [0.05, 0.1) is 21.2 Å². The number of non-ortho nitro benzene ring substituents is 1. The minimum atomic E-state index is -1.16. The molecule has 0 fully saturated rings. The lowest BCUT2D eigenvalue weighted by atomic mass is 10.2. The lowest BCUT2D eigenvalue weighted by Crippen LogP contribution is -2.30. The third kappa shape index (κ3) is 5.08. The second-order valence-corrected chi connectivity index (χ2v) is 6.40. The van der Waals surface area contributed by atoms with Gasteiger partial charge in [-0.15, -0.1) is 0 Å². The van der Waals surface area contributed by atoms with Crippen LogP contribution in [0.1, 0.15) is 17.3 Å². The second-order valence-electron chi connectivity index (χ2n) is 5.12. The van der Waals surface area contributed by atoms with Gasteiger partial charge < -0.3 is 10.1 Å². The summed E-state index contributed by atoms with van der Waals surface area (Å²) in [5.74, 6) is -1.45. The van der Waals surface area contributed by atoms with Gasteiger partial charge in [-0.2, -0.15) is 0 Å². The van der Waals surface area contributed by atoms with Crippen molar-refractivity contribution in [3.8, 4) is 0 Å². The van der Waals surface area contributed by atoms with Crippen molar-refractivity contribution in [1.29, 1.82) is 0 Å². The van der Waals surface area contributed by atoms with Gasteiger partial charge in [0, 0.05) is 22.2 Å². The number of anilines is 1. The van der Waals surface area contributed by atoms with Gasteiger partial charge in [-0.05, 0) is 31.2 Å². The third-order valence-corrected chi connectivity index (χ3v) is 3.92. The molecule has 2 aromatic carbocycles. The Balaban J connectivity index is 2.05. The predicted molar refractivity (Wildman–Crippen MR) is 98.1 cm³/mol. The van der Waals surface area contributed by atoms with Crippen LogP contribution in [-0.4, -0.2) is 22.9 Å². The Kier molecular flexibility index (Phi) is 6.42. The summed E-state index contributed by atoms with van der Waals surface area (Å²) in [6.07, 6.45) is -1.16. The highest BCUT2D eigenvalue weighted by Crippen LogP contribution is 2.27. The first-order valence-corrected chi connectivity index (χ1v) is 8.22. The molecule has 7 nitrogen and oxygen atoms in total. The van der Waals surface area contributed by atoms with Crippen LogP contribution in [0.4, 0.5) is 11.4 Å². The highest BCUT2D eigenvalue weighted by molar-refractivity contribution is 6.35. The molecule has 0 saturated heterocycles. The molecule has 10 heteroatoms. The zero-order valence-corrected chi connectivity index (χ0v) is 15.4. The SMILES string of the molecule is CC(OC(=O)c1cc(Cl)cc(Cl)c1)C(=O)Nc1ccc([N+](=O)[O-])cc1Cl. The molecule has 0 aliphatic carbocycles. The molecular weight excluding hydrogens is 407 g/mol. The van der Waals surface area contributed by atoms with E-state index in [1.54, 1.807) is 0 Å². The van der Waals surface area contributed by atoms with Crippen molar-refractivity contribution < 1.29 is 19.2 Å². The predicted octanol–water partition coefficient (Wildman–Crippen LogP) is 4.74. The van der Waals surface area contributed by atoms with E-state index in [0.29, 0.717) is 0 Å². The molecule has 0 spiro atoms. The fourth-order valence-corrected chi connectivity index (χ4v) is 2.66. The standard InChI is InChI=1S/C16H11Cl3N2O5/c1-8(26-16(23)9-4-10(17)6-11(18)5-9)15(22)20-14-3-2-12(21(24)25)7-13(14)19/h2-8H,1H3,(H,20,22). The first-order chi connectivity index (χ1) is 12.2. The number of rotatable bonds is 5. The van der Waals surface area contributed by atoms with Crippen LogP contribution in [0, 0.1) is 10.1 Å². The third-order valence-electron chi connectivity index (χ3n) is 3.17.